The van der Waals surface area contributed by atoms with Gasteiger partial charge in [-0.15, -0.1) is 0 Å². The Labute approximate surface area is 116 Å². The van der Waals surface area contributed by atoms with Crippen LogP contribution in [-0.2, 0) is 4.74 Å². The molecule has 0 saturated heterocycles. The Balaban J connectivity index is 1.96. The molecule has 0 radical (unpaired) electrons. The summed E-state index contributed by atoms with van der Waals surface area (Å²) >= 11 is 0. The zero-order valence-electron chi connectivity index (χ0n) is 11.0. The summed E-state index contributed by atoms with van der Waals surface area (Å²) in [7, 11) is 0. The number of carbonyl (C=O) groups is 1. The molecule has 0 bridgehead atoms. The zero-order chi connectivity index (χ0) is 13.7. The largest absolute Gasteiger partial charge is 0.433 e. The maximum Gasteiger partial charge on any atom is 0.340 e. The SMILES string of the molecule is Cc1cn([C@H]2OC(=O)c3ccccc32)c2ccccc12. The normalized spacial score (nSPS) is 17.2. The Morgan fingerprint density at radius 1 is 1.05 bits per heavy atom. The zero-order valence-corrected chi connectivity index (χ0v) is 11.0. The molecule has 1 atom stereocenters. The Kier molecular flexibility index (Phi) is 2.24. The molecule has 0 spiro atoms. The van der Waals surface area contributed by atoms with Gasteiger partial charge < -0.3 is 9.30 Å². The molecule has 0 N–H and O–H groups in total. The highest BCUT2D eigenvalue weighted by molar-refractivity contribution is 5.94. The van der Waals surface area contributed by atoms with E-state index in [1.54, 1.807) is 0 Å². The first-order chi connectivity index (χ1) is 9.75. The minimum atomic E-state index is -0.364. The van der Waals surface area contributed by atoms with E-state index in [1.807, 2.05) is 47.2 Å². The summed E-state index contributed by atoms with van der Waals surface area (Å²) in [6, 6.07) is 15.7. The minimum Gasteiger partial charge on any atom is -0.433 e. The number of cyclic esters (lactones) is 1. The number of hydrogen-bond donors (Lipinski definition) is 0. The predicted octanol–water partition coefficient (Wildman–Crippen LogP) is 3.67. The summed E-state index contributed by atoms with van der Waals surface area (Å²) in [4.78, 5) is 12.0. The smallest absolute Gasteiger partial charge is 0.340 e. The molecule has 3 aromatic rings. The van der Waals surface area contributed by atoms with Gasteiger partial charge in [0.15, 0.2) is 0 Å². The van der Waals surface area contributed by atoms with Crippen molar-refractivity contribution in [2.24, 2.45) is 0 Å². The molecule has 98 valence electrons. The average Bonchev–Trinajstić information content (AvgIpc) is 2.99. The van der Waals surface area contributed by atoms with Crippen LogP contribution in [0.4, 0.5) is 0 Å². The quantitative estimate of drug-likeness (QED) is 0.627. The lowest BCUT2D eigenvalue weighted by Gasteiger charge is -2.14. The van der Waals surface area contributed by atoms with Gasteiger partial charge in [-0.3, -0.25) is 0 Å². The van der Waals surface area contributed by atoms with Gasteiger partial charge in [-0.25, -0.2) is 4.79 Å². The van der Waals surface area contributed by atoms with Crippen molar-refractivity contribution in [3.63, 3.8) is 0 Å². The van der Waals surface area contributed by atoms with Gasteiger partial charge in [-0.2, -0.15) is 0 Å². The van der Waals surface area contributed by atoms with Crippen LogP contribution in [0.3, 0.4) is 0 Å². The van der Waals surface area contributed by atoms with Gasteiger partial charge in [0.05, 0.1) is 11.1 Å². The summed E-state index contributed by atoms with van der Waals surface area (Å²) in [5, 5.41) is 1.19. The number of esters is 1. The predicted molar refractivity (Wildman–Crippen MR) is 76.7 cm³/mol. The number of fused-ring (bicyclic) bond motifs is 2. The highest BCUT2D eigenvalue weighted by atomic mass is 16.6. The fourth-order valence-corrected chi connectivity index (χ4v) is 2.91. The van der Waals surface area contributed by atoms with Gasteiger partial charge in [0.1, 0.15) is 0 Å². The first kappa shape index (κ1) is 11.3. The van der Waals surface area contributed by atoms with Crippen LogP contribution in [0.2, 0.25) is 0 Å². The molecule has 0 amide bonds. The topological polar surface area (TPSA) is 31.2 Å². The molecule has 20 heavy (non-hydrogen) atoms. The molecule has 1 aromatic heterocycles. The third kappa shape index (κ3) is 1.43. The minimum absolute atomic E-state index is 0.249. The number of ether oxygens (including phenoxy) is 1. The molecule has 1 aliphatic heterocycles. The van der Waals surface area contributed by atoms with Gasteiger partial charge in [-0.05, 0) is 24.6 Å². The van der Waals surface area contributed by atoms with E-state index in [1.165, 1.54) is 10.9 Å². The van der Waals surface area contributed by atoms with Crippen LogP contribution in [0.25, 0.3) is 10.9 Å². The van der Waals surface area contributed by atoms with E-state index >= 15 is 0 Å². The van der Waals surface area contributed by atoms with Crippen molar-refractivity contribution in [1.29, 1.82) is 0 Å². The molecule has 0 aliphatic carbocycles. The number of nitrogens with zero attached hydrogens (tertiary/aromatic N) is 1. The number of aromatic nitrogens is 1. The Bertz CT molecular complexity index is 832. The van der Waals surface area contributed by atoms with Crippen LogP contribution in [0.5, 0.6) is 0 Å². The molecule has 3 heteroatoms. The van der Waals surface area contributed by atoms with E-state index in [-0.39, 0.29) is 12.2 Å². The van der Waals surface area contributed by atoms with Gasteiger partial charge in [0.2, 0.25) is 6.23 Å². The van der Waals surface area contributed by atoms with E-state index in [0.717, 1.165) is 11.1 Å². The number of rotatable bonds is 1. The van der Waals surface area contributed by atoms with Gasteiger partial charge in [-0.1, -0.05) is 36.4 Å². The van der Waals surface area contributed by atoms with Crippen LogP contribution >= 0.6 is 0 Å². The van der Waals surface area contributed by atoms with E-state index in [2.05, 4.69) is 19.1 Å². The van der Waals surface area contributed by atoms with Crippen LogP contribution < -0.4 is 0 Å². The summed E-state index contributed by atoms with van der Waals surface area (Å²) < 4.78 is 7.60. The van der Waals surface area contributed by atoms with E-state index in [0.29, 0.717) is 5.56 Å². The van der Waals surface area contributed by atoms with Crippen LogP contribution in [0.15, 0.2) is 54.7 Å². The number of hydrogen-bond acceptors (Lipinski definition) is 2. The molecular formula is C17H13NO2. The van der Waals surface area contributed by atoms with Crippen molar-refractivity contribution in [2.45, 2.75) is 13.2 Å². The van der Waals surface area contributed by atoms with Crippen LogP contribution in [-0.4, -0.2) is 10.5 Å². The van der Waals surface area contributed by atoms with Crippen molar-refractivity contribution in [1.82, 2.24) is 4.57 Å². The highest BCUT2D eigenvalue weighted by Crippen LogP contribution is 2.35. The maximum atomic E-state index is 12.0. The number of aryl methyl sites for hydroxylation is 1. The van der Waals surface area contributed by atoms with Crippen LogP contribution in [0.1, 0.15) is 27.7 Å². The summed E-state index contributed by atoms with van der Waals surface area (Å²) in [5.74, 6) is -0.249. The monoisotopic (exact) mass is 263 g/mol. The maximum absolute atomic E-state index is 12.0. The molecule has 0 fully saturated rings. The lowest BCUT2D eigenvalue weighted by Crippen LogP contribution is -2.09. The third-order valence-corrected chi connectivity index (χ3v) is 3.86. The average molecular weight is 263 g/mol. The lowest BCUT2D eigenvalue weighted by atomic mass is 10.1. The standard InChI is InChI=1S/C17H13NO2/c1-11-10-18(15-9-5-4-6-12(11)15)16-13-7-2-3-8-14(13)17(19)20-16/h2-10,16H,1H3/t16-/m0/s1. The lowest BCUT2D eigenvalue weighted by molar-refractivity contribution is 0.0331. The van der Waals surface area contributed by atoms with Crippen molar-refractivity contribution in [3.8, 4) is 0 Å². The molecule has 2 heterocycles. The van der Waals surface area contributed by atoms with E-state index in [9.17, 15) is 4.79 Å². The van der Waals surface area contributed by atoms with Crippen molar-refractivity contribution < 1.29 is 9.53 Å². The summed E-state index contributed by atoms with van der Waals surface area (Å²) in [6.45, 7) is 2.07. The second-order valence-corrected chi connectivity index (χ2v) is 5.08. The molecule has 1 aliphatic rings. The van der Waals surface area contributed by atoms with Crippen LogP contribution in [0, 0.1) is 6.92 Å². The first-order valence-corrected chi connectivity index (χ1v) is 6.62. The molecule has 2 aromatic carbocycles. The van der Waals surface area contributed by atoms with Gasteiger partial charge >= 0.3 is 5.97 Å². The Morgan fingerprint density at radius 3 is 2.70 bits per heavy atom. The first-order valence-electron chi connectivity index (χ1n) is 6.62. The molecule has 4 rings (SSSR count). The Morgan fingerprint density at radius 2 is 1.80 bits per heavy atom. The molecule has 0 unspecified atom stereocenters. The van der Waals surface area contributed by atoms with Crippen molar-refractivity contribution in [2.75, 3.05) is 0 Å². The molecular weight excluding hydrogens is 250 g/mol. The van der Waals surface area contributed by atoms with E-state index in [4.69, 9.17) is 4.74 Å². The highest BCUT2D eigenvalue weighted by Gasteiger charge is 2.32. The van der Waals surface area contributed by atoms with Gasteiger partial charge in [0.25, 0.3) is 0 Å². The fourth-order valence-electron chi connectivity index (χ4n) is 2.91. The molecule has 0 saturated carbocycles. The fraction of sp³-hybridized carbons (Fsp3) is 0.118. The van der Waals surface area contributed by atoms with Crippen molar-refractivity contribution >= 4 is 16.9 Å². The summed E-state index contributed by atoms with van der Waals surface area (Å²) in [5.41, 5.74) is 3.85. The van der Waals surface area contributed by atoms with Gasteiger partial charge in [0, 0.05) is 17.1 Å². The number of benzene rings is 2. The molecule has 3 nitrogen and oxygen atoms in total. The number of para-hydroxylation sites is 1. The number of carbonyl (C=O) groups excluding carboxylic acids is 1. The second kappa shape index (κ2) is 3.97. The Hall–Kier alpha value is -2.55. The second-order valence-electron chi connectivity index (χ2n) is 5.08. The van der Waals surface area contributed by atoms with E-state index < -0.39 is 0 Å². The van der Waals surface area contributed by atoms with Crippen molar-refractivity contribution in [3.05, 3.63) is 71.4 Å². The summed E-state index contributed by atoms with van der Waals surface area (Å²) in [6.07, 6.45) is 1.68. The third-order valence-electron chi connectivity index (χ3n) is 3.86.